The van der Waals surface area contributed by atoms with Gasteiger partial charge in [-0.25, -0.2) is 0 Å². The summed E-state index contributed by atoms with van der Waals surface area (Å²) in [6.45, 7) is 1.36. The fourth-order valence-electron chi connectivity index (χ4n) is 4.11. The maximum absolute atomic E-state index is 6.29. The fraction of sp³-hybridized carbons (Fsp3) is 0.217. The summed E-state index contributed by atoms with van der Waals surface area (Å²) in [5, 5.41) is 4.72. The molecule has 2 aliphatic rings. The molecule has 27 heavy (non-hydrogen) atoms. The van der Waals surface area contributed by atoms with Crippen LogP contribution >= 0.6 is 15.9 Å². The van der Waals surface area contributed by atoms with Crippen molar-refractivity contribution in [1.29, 1.82) is 0 Å². The van der Waals surface area contributed by atoms with Gasteiger partial charge in [0, 0.05) is 22.0 Å². The van der Waals surface area contributed by atoms with Crippen molar-refractivity contribution in [2.45, 2.75) is 18.9 Å². The van der Waals surface area contributed by atoms with Crippen molar-refractivity contribution in [2.24, 2.45) is 0 Å². The number of hydrogen-bond donors (Lipinski definition) is 0. The van der Waals surface area contributed by atoms with Crippen LogP contribution in [0.25, 0.3) is 22.4 Å². The van der Waals surface area contributed by atoms with Gasteiger partial charge in [-0.15, -0.1) is 0 Å². The number of fused-ring (bicyclic) bond motifs is 6. The van der Waals surface area contributed by atoms with E-state index < -0.39 is 0 Å². The maximum atomic E-state index is 6.29. The first-order valence-corrected chi connectivity index (χ1v) is 10.1. The zero-order chi connectivity index (χ0) is 18.4. The highest BCUT2D eigenvalue weighted by Crippen LogP contribution is 2.38. The molecule has 5 rings (SSSR count). The highest BCUT2D eigenvalue weighted by atomic mass is 79.9. The summed E-state index contributed by atoms with van der Waals surface area (Å²) in [6.07, 6.45) is 3.99. The second-order valence-corrected chi connectivity index (χ2v) is 7.98. The van der Waals surface area contributed by atoms with E-state index in [0.29, 0.717) is 13.2 Å². The van der Waals surface area contributed by atoms with E-state index in [4.69, 9.17) is 17.3 Å². The number of benzene rings is 3. The van der Waals surface area contributed by atoms with E-state index in [1.807, 2.05) is 12.1 Å². The quantitative estimate of drug-likeness (QED) is 0.524. The lowest BCUT2D eigenvalue weighted by atomic mass is 9.85. The van der Waals surface area contributed by atoms with Crippen molar-refractivity contribution in [1.82, 2.24) is 0 Å². The average molecular weight is 417 g/mol. The fourth-order valence-corrected chi connectivity index (χ4v) is 4.49. The van der Waals surface area contributed by atoms with E-state index in [2.05, 4.69) is 58.4 Å². The molecule has 3 aromatic carbocycles. The van der Waals surface area contributed by atoms with Crippen molar-refractivity contribution in [2.75, 3.05) is 13.2 Å². The number of rotatable bonds is 0. The minimum Gasteiger partial charge on any atom is -0.493 e. The first-order valence-electron chi connectivity index (χ1n) is 9.28. The molecule has 1 atom stereocenters. The van der Waals surface area contributed by atoms with E-state index in [1.165, 1.54) is 26.8 Å². The van der Waals surface area contributed by atoms with Gasteiger partial charge in [0.1, 0.15) is 13.6 Å². The van der Waals surface area contributed by atoms with Crippen molar-refractivity contribution in [3.8, 4) is 5.75 Å². The second kappa shape index (κ2) is 6.85. The van der Waals surface area contributed by atoms with Crippen LogP contribution in [-0.2, 0) is 4.74 Å². The number of hydrogen-bond acceptors (Lipinski definition) is 2. The topological polar surface area (TPSA) is 18.5 Å². The monoisotopic (exact) mass is 416 g/mol. The van der Waals surface area contributed by atoms with Crippen molar-refractivity contribution in [3.05, 3.63) is 69.0 Å². The Bertz CT molecular complexity index is 1170. The predicted octanol–water partition coefficient (Wildman–Crippen LogP) is 2.95. The molecule has 2 nitrogen and oxygen atoms in total. The third kappa shape index (κ3) is 3.01. The van der Waals surface area contributed by atoms with E-state index >= 15 is 0 Å². The predicted molar refractivity (Wildman–Crippen MR) is 114 cm³/mol. The van der Waals surface area contributed by atoms with Gasteiger partial charge in [-0.3, -0.25) is 0 Å². The largest absolute Gasteiger partial charge is 0.493 e. The molecule has 2 radical (unpaired) electrons. The molecule has 0 amide bonds. The van der Waals surface area contributed by atoms with Gasteiger partial charge in [-0.1, -0.05) is 57.8 Å². The van der Waals surface area contributed by atoms with Crippen LogP contribution in [0.5, 0.6) is 5.75 Å². The van der Waals surface area contributed by atoms with Gasteiger partial charge in [0.15, 0.2) is 0 Å². The molecule has 1 heterocycles. The van der Waals surface area contributed by atoms with E-state index in [9.17, 15) is 0 Å². The van der Waals surface area contributed by atoms with E-state index in [1.54, 1.807) is 0 Å². The molecular weight excluding hydrogens is 399 g/mol. The van der Waals surface area contributed by atoms with Crippen LogP contribution < -0.4 is 20.6 Å². The average Bonchev–Trinajstić information content (AvgIpc) is 2.76. The molecule has 0 saturated heterocycles. The van der Waals surface area contributed by atoms with Gasteiger partial charge in [0.2, 0.25) is 0 Å². The van der Waals surface area contributed by atoms with Crippen LogP contribution in [-0.4, -0.2) is 27.2 Å². The lowest BCUT2D eigenvalue weighted by Crippen LogP contribution is -2.38. The van der Waals surface area contributed by atoms with E-state index in [0.717, 1.165) is 34.1 Å². The molecular formula is C23H18BBrO2. The Balaban J connectivity index is 1.93. The Morgan fingerprint density at radius 2 is 1.93 bits per heavy atom. The van der Waals surface area contributed by atoms with E-state index in [-0.39, 0.29) is 6.10 Å². The molecule has 0 N–H and O–H groups in total. The smallest absolute Gasteiger partial charge is 0.127 e. The van der Waals surface area contributed by atoms with Gasteiger partial charge >= 0.3 is 0 Å². The van der Waals surface area contributed by atoms with Gasteiger partial charge in [-0.2, -0.15) is 0 Å². The SMILES string of the molecule is [B]c1ccc2c(c1)=CC[C@@H]1OCCCOc3ccc4cc(Br)ccc4c3C=21. The zero-order valence-electron chi connectivity index (χ0n) is 14.9. The molecule has 1 aliphatic carbocycles. The van der Waals surface area contributed by atoms with Crippen molar-refractivity contribution >= 4 is 51.7 Å². The Hall–Kier alpha value is -2.04. The van der Waals surface area contributed by atoms with Crippen molar-refractivity contribution < 1.29 is 9.47 Å². The van der Waals surface area contributed by atoms with Crippen LogP contribution in [0.1, 0.15) is 18.4 Å². The molecule has 0 fully saturated rings. The Morgan fingerprint density at radius 3 is 2.85 bits per heavy atom. The minimum atomic E-state index is 0.0239. The standard InChI is InChI=1S/C23H18BBrO2/c24-16-4-6-18-14(12-16)2-8-20-22(18)23-19-7-5-17(25)13-15(19)3-9-21(23)27-11-1-10-26-20/h2-7,9,12-13,20H,1,8,10-11H2/t20-/m0/s1. The summed E-state index contributed by atoms with van der Waals surface area (Å²) in [4.78, 5) is 0. The van der Waals surface area contributed by atoms with Crippen LogP contribution in [0, 0.1) is 0 Å². The minimum absolute atomic E-state index is 0.0239. The first-order chi connectivity index (χ1) is 13.2. The zero-order valence-corrected chi connectivity index (χ0v) is 16.5. The van der Waals surface area contributed by atoms with Crippen LogP contribution in [0.2, 0.25) is 0 Å². The van der Waals surface area contributed by atoms with Gasteiger partial charge < -0.3 is 9.47 Å². The maximum Gasteiger partial charge on any atom is 0.127 e. The molecule has 0 bridgehead atoms. The van der Waals surface area contributed by atoms with Crippen LogP contribution in [0.15, 0.2) is 53.0 Å². The summed E-state index contributed by atoms with van der Waals surface area (Å²) >= 11 is 3.59. The highest BCUT2D eigenvalue weighted by Gasteiger charge is 2.26. The molecule has 0 unspecified atom stereocenters. The molecule has 0 saturated carbocycles. The highest BCUT2D eigenvalue weighted by molar-refractivity contribution is 9.10. The molecule has 3 aromatic rings. The van der Waals surface area contributed by atoms with Crippen molar-refractivity contribution in [3.63, 3.8) is 0 Å². The molecule has 0 aromatic heterocycles. The molecule has 1 aliphatic heterocycles. The summed E-state index contributed by atoms with van der Waals surface area (Å²) in [5.74, 6) is 0.931. The number of ether oxygens (including phenoxy) is 2. The van der Waals surface area contributed by atoms with Gasteiger partial charge in [0.05, 0.1) is 19.3 Å². The Labute approximate surface area is 168 Å². The number of halogens is 1. The summed E-state index contributed by atoms with van der Waals surface area (Å²) in [5.41, 5.74) is 3.13. The normalized spacial score (nSPS) is 18.9. The van der Waals surface area contributed by atoms with Crippen LogP contribution in [0.4, 0.5) is 0 Å². The third-order valence-corrected chi connectivity index (χ3v) is 5.81. The lowest BCUT2D eigenvalue weighted by molar-refractivity contribution is 0.0869. The summed E-state index contributed by atoms with van der Waals surface area (Å²) in [7, 11) is 6.04. The summed E-state index contributed by atoms with van der Waals surface area (Å²) < 4.78 is 13.6. The van der Waals surface area contributed by atoms with Gasteiger partial charge in [-0.05, 0) is 45.8 Å². The molecule has 0 spiro atoms. The molecule has 132 valence electrons. The second-order valence-electron chi connectivity index (χ2n) is 7.07. The first kappa shape index (κ1) is 17.1. The Kier molecular flexibility index (Phi) is 4.33. The van der Waals surface area contributed by atoms with Gasteiger partial charge in [0.25, 0.3) is 0 Å². The lowest BCUT2D eigenvalue weighted by Gasteiger charge is -2.25. The summed E-state index contributed by atoms with van der Waals surface area (Å²) in [6, 6.07) is 16.8. The third-order valence-electron chi connectivity index (χ3n) is 5.32. The molecule has 4 heteroatoms. The Morgan fingerprint density at radius 1 is 1.00 bits per heavy atom. The van der Waals surface area contributed by atoms with Crippen LogP contribution in [0.3, 0.4) is 0 Å².